The van der Waals surface area contributed by atoms with E-state index >= 15 is 0 Å². The molecule has 168 valence electrons. The predicted molar refractivity (Wildman–Crippen MR) is 120 cm³/mol. The number of oxazole rings is 1. The minimum atomic E-state index is -0.350. The van der Waals surface area contributed by atoms with Crippen LogP contribution in [0.3, 0.4) is 0 Å². The molecule has 3 aromatic rings. The molecule has 32 heavy (non-hydrogen) atoms. The second kappa shape index (κ2) is 10.5. The normalized spacial score (nSPS) is 15.1. The van der Waals surface area contributed by atoms with E-state index in [1.807, 2.05) is 30.3 Å². The van der Waals surface area contributed by atoms with Gasteiger partial charge in [0.2, 0.25) is 5.91 Å². The van der Waals surface area contributed by atoms with Crippen molar-refractivity contribution in [1.29, 1.82) is 0 Å². The summed E-state index contributed by atoms with van der Waals surface area (Å²) in [6.45, 7) is 2.97. The lowest BCUT2D eigenvalue weighted by Gasteiger charge is -2.36. The quantitative estimate of drug-likeness (QED) is 0.535. The summed E-state index contributed by atoms with van der Waals surface area (Å²) >= 11 is 0. The van der Waals surface area contributed by atoms with E-state index in [0.717, 1.165) is 44.6 Å². The number of aryl methyl sites for hydroxylation is 1. The molecule has 1 aromatic carbocycles. The molecule has 0 radical (unpaired) electrons. The minimum absolute atomic E-state index is 0.0857. The van der Waals surface area contributed by atoms with Crippen LogP contribution >= 0.6 is 0 Å². The number of likely N-dealkylation sites (tertiary alicyclic amines) is 1. The minimum Gasteiger partial charge on any atom is -0.441 e. The summed E-state index contributed by atoms with van der Waals surface area (Å²) in [6.07, 6.45) is 6.98. The molecule has 0 aliphatic carbocycles. The number of rotatable bonds is 8. The zero-order valence-corrected chi connectivity index (χ0v) is 18.4. The van der Waals surface area contributed by atoms with Crippen molar-refractivity contribution >= 4 is 5.91 Å². The Morgan fingerprint density at radius 1 is 1.12 bits per heavy atom. The maximum absolute atomic E-state index is 13.9. The van der Waals surface area contributed by atoms with Crippen molar-refractivity contribution in [3.8, 4) is 11.3 Å². The fraction of sp³-hybridized carbons (Fsp3) is 0.400. The van der Waals surface area contributed by atoms with Crippen molar-refractivity contribution < 1.29 is 13.6 Å². The van der Waals surface area contributed by atoms with Crippen molar-refractivity contribution in [3.05, 3.63) is 72.3 Å². The molecule has 1 aliphatic heterocycles. The van der Waals surface area contributed by atoms with E-state index in [2.05, 4.69) is 20.9 Å². The lowest BCUT2D eigenvalue weighted by atomic mass is 10.0. The van der Waals surface area contributed by atoms with Gasteiger partial charge in [-0.25, -0.2) is 9.37 Å². The van der Waals surface area contributed by atoms with Gasteiger partial charge in [0.1, 0.15) is 5.82 Å². The first-order valence-corrected chi connectivity index (χ1v) is 11.2. The molecule has 0 spiro atoms. The first-order chi connectivity index (χ1) is 15.6. The Kier molecular flexibility index (Phi) is 7.27. The van der Waals surface area contributed by atoms with Crippen LogP contribution in [0.1, 0.15) is 30.8 Å². The molecule has 6 nitrogen and oxygen atoms in total. The molecular weight excluding hydrogens is 407 g/mol. The molecule has 4 rings (SSSR count). The Hall–Kier alpha value is -3.06. The van der Waals surface area contributed by atoms with E-state index in [1.165, 1.54) is 12.3 Å². The summed E-state index contributed by atoms with van der Waals surface area (Å²) in [7, 11) is 1.89. The van der Waals surface area contributed by atoms with E-state index < -0.39 is 0 Å². The van der Waals surface area contributed by atoms with Gasteiger partial charge in [-0.2, -0.15) is 0 Å². The van der Waals surface area contributed by atoms with E-state index in [-0.39, 0.29) is 17.8 Å². The number of nitrogens with zero attached hydrogens (tertiary/aromatic N) is 4. The lowest BCUT2D eigenvalue weighted by molar-refractivity contribution is -0.132. The third kappa shape index (κ3) is 5.59. The number of amides is 1. The van der Waals surface area contributed by atoms with Gasteiger partial charge >= 0.3 is 0 Å². The predicted octanol–water partition coefficient (Wildman–Crippen LogP) is 3.97. The van der Waals surface area contributed by atoms with Crippen molar-refractivity contribution in [2.75, 3.05) is 26.7 Å². The summed E-state index contributed by atoms with van der Waals surface area (Å²) < 4.78 is 19.6. The number of benzene rings is 1. The summed E-state index contributed by atoms with van der Waals surface area (Å²) in [4.78, 5) is 25.6. The van der Waals surface area contributed by atoms with E-state index in [4.69, 9.17) is 4.42 Å². The fourth-order valence-corrected chi connectivity index (χ4v) is 4.15. The standard InChI is InChI=1S/C25H29FN4O2/c1-29(20-12-16-30(17-13-20)15-11-19-6-4-5-14-27-19)25(31)10-9-24-28-18-23(32-24)21-7-2-3-8-22(21)26/h2-8,14,18,20H,9-13,15-17H2,1H3. The van der Waals surface area contributed by atoms with Crippen LogP contribution in [0.2, 0.25) is 0 Å². The highest BCUT2D eigenvalue weighted by atomic mass is 19.1. The number of piperidine rings is 1. The van der Waals surface area contributed by atoms with Crippen LogP contribution in [0.15, 0.2) is 59.3 Å². The number of hydrogen-bond donors (Lipinski definition) is 0. The third-order valence-electron chi connectivity index (χ3n) is 6.15. The lowest BCUT2D eigenvalue weighted by Crippen LogP contribution is -2.46. The maximum Gasteiger partial charge on any atom is 0.223 e. The Balaban J connectivity index is 1.21. The number of halogens is 1. The van der Waals surface area contributed by atoms with Crippen LogP contribution in [0.25, 0.3) is 11.3 Å². The van der Waals surface area contributed by atoms with Crippen molar-refractivity contribution in [1.82, 2.24) is 19.8 Å². The van der Waals surface area contributed by atoms with Gasteiger partial charge in [-0.05, 0) is 37.1 Å². The highest BCUT2D eigenvalue weighted by molar-refractivity contribution is 5.76. The third-order valence-corrected chi connectivity index (χ3v) is 6.15. The van der Waals surface area contributed by atoms with Crippen molar-refractivity contribution in [2.45, 2.75) is 38.1 Å². The average molecular weight is 437 g/mol. The van der Waals surface area contributed by atoms with E-state index in [1.54, 1.807) is 18.2 Å². The molecule has 1 fully saturated rings. The van der Waals surface area contributed by atoms with E-state index in [9.17, 15) is 9.18 Å². The molecule has 0 N–H and O–H groups in total. The molecule has 0 atom stereocenters. The molecular formula is C25H29FN4O2. The smallest absolute Gasteiger partial charge is 0.223 e. The largest absolute Gasteiger partial charge is 0.441 e. The van der Waals surface area contributed by atoms with Gasteiger partial charge in [0, 0.05) is 63.9 Å². The fourth-order valence-electron chi connectivity index (χ4n) is 4.15. The zero-order chi connectivity index (χ0) is 22.3. The van der Waals surface area contributed by atoms with E-state index in [0.29, 0.717) is 30.1 Å². The molecule has 7 heteroatoms. The number of carbonyl (C=O) groups excluding carboxylic acids is 1. The SMILES string of the molecule is CN(C(=O)CCc1ncc(-c2ccccc2F)o1)C1CCN(CCc2ccccn2)CC1. The molecule has 2 aromatic heterocycles. The van der Waals surface area contributed by atoms with Gasteiger partial charge in [-0.1, -0.05) is 18.2 Å². The molecule has 0 bridgehead atoms. The van der Waals surface area contributed by atoms with Crippen LogP contribution in [0.4, 0.5) is 4.39 Å². The molecule has 1 aliphatic rings. The molecule has 3 heterocycles. The van der Waals surface area contributed by atoms with Crippen LogP contribution in [0, 0.1) is 5.82 Å². The molecule has 0 saturated carbocycles. The number of hydrogen-bond acceptors (Lipinski definition) is 5. The molecule has 1 amide bonds. The van der Waals surface area contributed by atoms with Gasteiger partial charge in [0.25, 0.3) is 0 Å². The highest BCUT2D eigenvalue weighted by Gasteiger charge is 2.25. The summed E-state index contributed by atoms with van der Waals surface area (Å²) in [5, 5.41) is 0. The van der Waals surface area contributed by atoms with Gasteiger partial charge < -0.3 is 14.2 Å². The van der Waals surface area contributed by atoms with Crippen LogP contribution < -0.4 is 0 Å². The monoisotopic (exact) mass is 436 g/mol. The first kappa shape index (κ1) is 22.1. The molecule has 1 saturated heterocycles. The maximum atomic E-state index is 13.9. The second-order valence-corrected chi connectivity index (χ2v) is 8.25. The van der Waals surface area contributed by atoms with Gasteiger partial charge in [0.05, 0.1) is 11.8 Å². The Labute approximate surface area is 188 Å². The number of aromatic nitrogens is 2. The van der Waals surface area contributed by atoms with Crippen LogP contribution in [-0.4, -0.2) is 58.4 Å². The first-order valence-electron chi connectivity index (χ1n) is 11.2. The topological polar surface area (TPSA) is 62.5 Å². The van der Waals surface area contributed by atoms with Crippen LogP contribution in [-0.2, 0) is 17.6 Å². The van der Waals surface area contributed by atoms with Crippen molar-refractivity contribution in [3.63, 3.8) is 0 Å². The second-order valence-electron chi connectivity index (χ2n) is 8.25. The molecule has 0 unspecified atom stereocenters. The Bertz CT molecular complexity index is 1020. The van der Waals surface area contributed by atoms with Crippen molar-refractivity contribution in [2.24, 2.45) is 0 Å². The Morgan fingerprint density at radius 3 is 2.66 bits per heavy atom. The van der Waals surface area contributed by atoms with Gasteiger partial charge in [-0.15, -0.1) is 0 Å². The zero-order valence-electron chi connectivity index (χ0n) is 18.4. The summed E-state index contributed by atoms with van der Waals surface area (Å²) in [5.74, 6) is 0.575. The van der Waals surface area contributed by atoms with Crippen LogP contribution in [0.5, 0.6) is 0 Å². The van der Waals surface area contributed by atoms with Gasteiger partial charge in [0.15, 0.2) is 11.7 Å². The summed E-state index contributed by atoms with van der Waals surface area (Å²) in [5.41, 5.74) is 1.50. The Morgan fingerprint density at radius 2 is 1.91 bits per heavy atom. The highest BCUT2D eigenvalue weighted by Crippen LogP contribution is 2.24. The number of carbonyl (C=O) groups is 1. The van der Waals surface area contributed by atoms with Gasteiger partial charge in [-0.3, -0.25) is 9.78 Å². The number of pyridine rings is 1. The average Bonchev–Trinajstić information content (AvgIpc) is 3.31. The summed E-state index contributed by atoms with van der Waals surface area (Å²) in [6, 6.07) is 12.7.